The zero-order chi connectivity index (χ0) is 8.81. The summed E-state index contributed by atoms with van der Waals surface area (Å²) in [7, 11) is 0. The van der Waals surface area contributed by atoms with Gasteiger partial charge in [0.2, 0.25) is 0 Å². The summed E-state index contributed by atoms with van der Waals surface area (Å²) in [5.41, 5.74) is 0. The van der Waals surface area contributed by atoms with Gasteiger partial charge < -0.3 is 4.90 Å². The molecule has 1 atom stereocenters. The number of rotatable bonds is 4. The summed E-state index contributed by atoms with van der Waals surface area (Å²) in [6, 6.07) is 0. The fraction of sp³-hybridized carbons (Fsp3) is 1.00. The van der Waals surface area contributed by atoms with Gasteiger partial charge in [-0.05, 0) is 38.3 Å². The van der Waals surface area contributed by atoms with Crippen molar-refractivity contribution in [2.45, 2.75) is 46.0 Å². The van der Waals surface area contributed by atoms with Crippen LogP contribution in [0.2, 0.25) is 0 Å². The van der Waals surface area contributed by atoms with Gasteiger partial charge in [0.15, 0.2) is 0 Å². The maximum Gasteiger partial charge on any atom is 0.000703 e. The summed E-state index contributed by atoms with van der Waals surface area (Å²) in [5.74, 6) is 0.945. The van der Waals surface area contributed by atoms with Gasteiger partial charge in [-0.2, -0.15) is 0 Å². The summed E-state index contributed by atoms with van der Waals surface area (Å²) < 4.78 is 0. The van der Waals surface area contributed by atoms with E-state index >= 15 is 0 Å². The average molecular weight is 169 g/mol. The van der Waals surface area contributed by atoms with Crippen LogP contribution in [0.3, 0.4) is 0 Å². The Labute approximate surface area is 77.1 Å². The summed E-state index contributed by atoms with van der Waals surface area (Å²) in [6.07, 6.45) is 7.04. The maximum absolute atomic E-state index is 2.64. The first-order chi connectivity index (χ1) is 5.83. The van der Waals surface area contributed by atoms with Crippen LogP contribution in [-0.2, 0) is 0 Å². The molecule has 12 heavy (non-hydrogen) atoms. The molecule has 0 spiro atoms. The van der Waals surface area contributed by atoms with Crippen molar-refractivity contribution in [3.8, 4) is 0 Å². The minimum absolute atomic E-state index is 0.945. The molecule has 0 N–H and O–H groups in total. The van der Waals surface area contributed by atoms with Crippen molar-refractivity contribution in [3.05, 3.63) is 0 Å². The Morgan fingerprint density at radius 3 is 2.83 bits per heavy atom. The summed E-state index contributed by atoms with van der Waals surface area (Å²) in [4.78, 5) is 2.64. The quantitative estimate of drug-likeness (QED) is 0.585. The molecule has 1 heterocycles. The lowest BCUT2D eigenvalue weighted by Gasteiger charge is -2.30. The van der Waals surface area contributed by atoms with Crippen LogP contribution in [0.25, 0.3) is 0 Å². The third-order valence-corrected chi connectivity index (χ3v) is 2.82. The summed E-state index contributed by atoms with van der Waals surface area (Å²) >= 11 is 0. The van der Waals surface area contributed by atoms with E-state index in [0.29, 0.717) is 0 Å². The number of likely N-dealkylation sites (tertiary alicyclic amines) is 1. The number of unbranched alkanes of at least 4 members (excludes halogenated alkanes) is 2. The van der Waals surface area contributed by atoms with Gasteiger partial charge in [-0.15, -0.1) is 0 Å². The molecule has 1 heteroatoms. The molecule has 1 unspecified atom stereocenters. The smallest absolute Gasteiger partial charge is 0.000703 e. The minimum atomic E-state index is 0.945. The van der Waals surface area contributed by atoms with Crippen molar-refractivity contribution in [1.82, 2.24) is 4.90 Å². The maximum atomic E-state index is 2.64. The van der Waals surface area contributed by atoms with E-state index in [9.17, 15) is 0 Å². The van der Waals surface area contributed by atoms with Crippen LogP contribution in [0, 0.1) is 5.92 Å². The van der Waals surface area contributed by atoms with E-state index in [1.807, 2.05) is 0 Å². The largest absolute Gasteiger partial charge is 0.303 e. The Morgan fingerprint density at radius 2 is 2.17 bits per heavy atom. The highest BCUT2D eigenvalue weighted by Gasteiger charge is 2.14. The van der Waals surface area contributed by atoms with Crippen molar-refractivity contribution < 1.29 is 0 Å². The molecular formula is C11H23N. The third-order valence-electron chi connectivity index (χ3n) is 2.82. The van der Waals surface area contributed by atoms with Gasteiger partial charge in [0, 0.05) is 6.54 Å². The molecule has 1 aliphatic heterocycles. The molecule has 1 fully saturated rings. The van der Waals surface area contributed by atoms with Crippen molar-refractivity contribution in [3.63, 3.8) is 0 Å². The molecule has 0 aliphatic carbocycles. The molecule has 0 amide bonds. The second kappa shape index (κ2) is 5.58. The lowest BCUT2D eigenvalue weighted by molar-refractivity contribution is 0.181. The van der Waals surface area contributed by atoms with Crippen LogP contribution in [0.15, 0.2) is 0 Å². The van der Waals surface area contributed by atoms with Crippen LogP contribution in [0.1, 0.15) is 46.0 Å². The van der Waals surface area contributed by atoms with E-state index < -0.39 is 0 Å². The molecule has 0 aromatic carbocycles. The zero-order valence-corrected chi connectivity index (χ0v) is 8.68. The lowest BCUT2D eigenvalue weighted by atomic mass is 10.00. The second-order valence-corrected chi connectivity index (χ2v) is 4.26. The van der Waals surface area contributed by atoms with E-state index in [-0.39, 0.29) is 0 Å². The van der Waals surface area contributed by atoms with E-state index in [0.717, 1.165) is 5.92 Å². The third kappa shape index (κ3) is 3.57. The molecular weight excluding hydrogens is 146 g/mol. The number of nitrogens with zero attached hydrogens (tertiary/aromatic N) is 1. The highest BCUT2D eigenvalue weighted by Crippen LogP contribution is 2.15. The fourth-order valence-electron chi connectivity index (χ4n) is 2.08. The van der Waals surface area contributed by atoms with E-state index in [1.54, 1.807) is 0 Å². The van der Waals surface area contributed by atoms with Gasteiger partial charge in [-0.25, -0.2) is 0 Å². The van der Waals surface area contributed by atoms with Gasteiger partial charge in [-0.1, -0.05) is 26.7 Å². The average Bonchev–Trinajstić information content (AvgIpc) is 2.05. The highest BCUT2D eigenvalue weighted by atomic mass is 15.1. The Bertz CT molecular complexity index is 112. The number of piperidine rings is 1. The number of hydrogen-bond donors (Lipinski definition) is 0. The SMILES string of the molecule is CCCCCN1CCCC(C)C1. The Kier molecular flexibility index (Phi) is 4.67. The topological polar surface area (TPSA) is 3.24 Å². The molecule has 0 aromatic heterocycles. The molecule has 1 nitrogen and oxygen atoms in total. The predicted molar refractivity (Wildman–Crippen MR) is 54.4 cm³/mol. The van der Waals surface area contributed by atoms with Crippen LogP contribution in [0.5, 0.6) is 0 Å². The minimum Gasteiger partial charge on any atom is -0.303 e. The second-order valence-electron chi connectivity index (χ2n) is 4.26. The van der Waals surface area contributed by atoms with E-state index in [4.69, 9.17) is 0 Å². The molecule has 1 rings (SSSR count). The number of hydrogen-bond acceptors (Lipinski definition) is 1. The van der Waals surface area contributed by atoms with Gasteiger partial charge in [0.1, 0.15) is 0 Å². The fourth-order valence-corrected chi connectivity index (χ4v) is 2.08. The van der Waals surface area contributed by atoms with Gasteiger partial charge in [-0.3, -0.25) is 0 Å². The molecule has 72 valence electrons. The molecule has 0 saturated carbocycles. The zero-order valence-electron chi connectivity index (χ0n) is 8.68. The van der Waals surface area contributed by atoms with Gasteiger partial charge in [0.05, 0.1) is 0 Å². The first-order valence-corrected chi connectivity index (χ1v) is 5.55. The summed E-state index contributed by atoms with van der Waals surface area (Å²) in [5, 5.41) is 0. The van der Waals surface area contributed by atoms with Crippen molar-refractivity contribution in [2.24, 2.45) is 5.92 Å². The Hall–Kier alpha value is -0.0400. The molecule has 1 saturated heterocycles. The van der Waals surface area contributed by atoms with Gasteiger partial charge >= 0.3 is 0 Å². The standard InChI is InChI=1S/C11H23N/c1-3-4-5-8-12-9-6-7-11(2)10-12/h11H,3-10H2,1-2H3. The first-order valence-electron chi connectivity index (χ1n) is 5.55. The molecule has 0 bridgehead atoms. The Morgan fingerprint density at radius 1 is 1.33 bits per heavy atom. The van der Waals surface area contributed by atoms with Crippen LogP contribution in [0.4, 0.5) is 0 Å². The molecule has 0 radical (unpaired) electrons. The van der Waals surface area contributed by atoms with Crippen LogP contribution >= 0.6 is 0 Å². The van der Waals surface area contributed by atoms with Crippen LogP contribution in [-0.4, -0.2) is 24.5 Å². The normalized spacial score (nSPS) is 26.0. The predicted octanol–water partition coefficient (Wildman–Crippen LogP) is 2.91. The first kappa shape index (κ1) is 10.0. The molecule has 1 aliphatic rings. The molecule has 0 aromatic rings. The van der Waals surface area contributed by atoms with Crippen molar-refractivity contribution in [1.29, 1.82) is 0 Å². The van der Waals surface area contributed by atoms with Crippen molar-refractivity contribution >= 4 is 0 Å². The van der Waals surface area contributed by atoms with Gasteiger partial charge in [0.25, 0.3) is 0 Å². The van der Waals surface area contributed by atoms with E-state index in [2.05, 4.69) is 18.7 Å². The Balaban J connectivity index is 2.06. The van der Waals surface area contributed by atoms with E-state index in [1.165, 1.54) is 51.7 Å². The summed E-state index contributed by atoms with van der Waals surface area (Å²) in [6.45, 7) is 8.71. The van der Waals surface area contributed by atoms with Crippen molar-refractivity contribution in [2.75, 3.05) is 19.6 Å². The van der Waals surface area contributed by atoms with Crippen LogP contribution < -0.4 is 0 Å². The lowest BCUT2D eigenvalue weighted by Crippen LogP contribution is -2.34. The highest BCUT2D eigenvalue weighted by molar-refractivity contribution is 4.69. The monoisotopic (exact) mass is 169 g/mol.